The number of hydrogen-bond acceptors (Lipinski definition) is 3. The second kappa shape index (κ2) is 5.38. The minimum atomic E-state index is -0.0464. The molecule has 3 aromatic rings. The lowest BCUT2D eigenvalue weighted by atomic mass is 9.82. The third kappa shape index (κ3) is 2.08. The SMILES string of the molecule is COc1cc2c(O)cc3c(c2cc1C(C)=O)-c1ccccc1CC3. The van der Waals surface area contributed by atoms with E-state index in [1.807, 2.05) is 18.2 Å². The molecule has 0 bridgehead atoms. The highest BCUT2D eigenvalue weighted by atomic mass is 16.5. The number of fused-ring (bicyclic) bond motifs is 5. The van der Waals surface area contributed by atoms with Crippen molar-refractivity contribution in [2.24, 2.45) is 0 Å². The Morgan fingerprint density at radius 2 is 1.79 bits per heavy atom. The van der Waals surface area contributed by atoms with Gasteiger partial charge in [-0.2, -0.15) is 0 Å². The van der Waals surface area contributed by atoms with Crippen LogP contribution in [0.25, 0.3) is 21.9 Å². The van der Waals surface area contributed by atoms with Crippen LogP contribution in [0.5, 0.6) is 11.5 Å². The molecule has 0 aliphatic heterocycles. The molecule has 0 radical (unpaired) electrons. The van der Waals surface area contributed by atoms with Gasteiger partial charge in [0.15, 0.2) is 5.78 Å². The minimum Gasteiger partial charge on any atom is -0.507 e. The van der Waals surface area contributed by atoms with Crippen molar-refractivity contribution in [3.05, 3.63) is 59.2 Å². The highest BCUT2D eigenvalue weighted by molar-refractivity contribution is 6.08. The Labute approximate surface area is 140 Å². The van der Waals surface area contributed by atoms with Crippen LogP contribution >= 0.6 is 0 Å². The predicted octanol–water partition coefficient (Wildman–Crippen LogP) is 4.52. The Hall–Kier alpha value is -2.81. The lowest BCUT2D eigenvalue weighted by Gasteiger charge is -2.23. The number of carbonyl (C=O) groups excluding carboxylic acids is 1. The molecule has 0 amide bonds. The van der Waals surface area contributed by atoms with Gasteiger partial charge in [-0.25, -0.2) is 0 Å². The largest absolute Gasteiger partial charge is 0.507 e. The number of Topliss-reactive ketones (excluding diaryl/α,β-unsaturated/α-hetero) is 1. The normalized spacial score (nSPS) is 12.6. The van der Waals surface area contributed by atoms with E-state index in [-0.39, 0.29) is 11.5 Å². The van der Waals surface area contributed by atoms with Gasteiger partial charge >= 0.3 is 0 Å². The summed E-state index contributed by atoms with van der Waals surface area (Å²) in [6.07, 6.45) is 1.85. The van der Waals surface area contributed by atoms with Gasteiger partial charge in [-0.1, -0.05) is 24.3 Å². The van der Waals surface area contributed by atoms with E-state index in [2.05, 4.69) is 18.2 Å². The molecular weight excluding hydrogens is 300 g/mol. The number of rotatable bonds is 2. The number of phenolic OH excluding ortho intramolecular Hbond substituents is 1. The molecule has 0 heterocycles. The second-order valence-corrected chi connectivity index (χ2v) is 6.24. The number of aryl methyl sites for hydroxylation is 2. The zero-order valence-corrected chi connectivity index (χ0v) is 13.7. The third-order valence-electron chi connectivity index (χ3n) is 4.85. The summed E-state index contributed by atoms with van der Waals surface area (Å²) in [5, 5.41) is 12.1. The summed E-state index contributed by atoms with van der Waals surface area (Å²) >= 11 is 0. The Morgan fingerprint density at radius 3 is 2.54 bits per heavy atom. The molecule has 0 saturated heterocycles. The Kier molecular flexibility index (Phi) is 3.31. The fourth-order valence-corrected chi connectivity index (χ4v) is 3.70. The first-order valence-corrected chi connectivity index (χ1v) is 8.06. The van der Waals surface area contributed by atoms with Crippen LogP contribution in [-0.2, 0) is 12.8 Å². The van der Waals surface area contributed by atoms with Crippen LogP contribution in [0.3, 0.4) is 0 Å². The van der Waals surface area contributed by atoms with Crippen LogP contribution in [0.15, 0.2) is 42.5 Å². The monoisotopic (exact) mass is 318 g/mol. The zero-order valence-electron chi connectivity index (χ0n) is 13.7. The molecule has 3 aromatic carbocycles. The highest BCUT2D eigenvalue weighted by Gasteiger charge is 2.22. The molecule has 4 rings (SSSR count). The molecule has 0 aromatic heterocycles. The third-order valence-corrected chi connectivity index (χ3v) is 4.85. The molecular formula is C21H18O3. The van der Waals surface area contributed by atoms with Gasteiger partial charge in [0.1, 0.15) is 11.5 Å². The van der Waals surface area contributed by atoms with Gasteiger partial charge in [0.2, 0.25) is 0 Å². The molecule has 120 valence electrons. The van der Waals surface area contributed by atoms with E-state index in [0.29, 0.717) is 16.7 Å². The van der Waals surface area contributed by atoms with Crippen molar-refractivity contribution in [3.63, 3.8) is 0 Å². The average molecular weight is 318 g/mol. The fourth-order valence-electron chi connectivity index (χ4n) is 3.70. The molecule has 0 spiro atoms. The van der Waals surface area contributed by atoms with E-state index in [1.54, 1.807) is 13.2 Å². The second-order valence-electron chi connectivity index (χ2n) is 6.24. The van der Waals surface area contributed by atoms with Gasteiger partial charge in [0.05, 0.1) is 12.7 Å². The van der Waals surface area contributed by atoms with E-state index in [1.165, 1.54) is 18.1 Å². The van der Waals surface area contributed by atoms with Crippen molar-refractivity contribution in [1.29, 1.82) is 0 Å². The van der Waals surface area contributed by atoms with Crippen molar-refractivity contribution in [3.8, 4) is 22.6 Å². The number of ketones is 1. The number of carbonyl (C=O) groups is 1. The Balaban J connectivity index is 2.14. The standard InChI is InChI=1S/C21H18O3/c1-12(22)16-10-18-17(11-20(16)24-2)19(23)9-14-8-7-13-5-3-4-6-15(13)21(14)18/h3-6,9-11,23H,7-8H2,1-2H3. The average Bonchev–Trinajstić information content (AvgIpc) is 2.60. The Bertz CT molecular complexity index is 986. The van der Waals surface area contributed by atoms with Crippen LogP contribution in [-0.4, -0.2) is 18.0 Å². The smallest absolute Gasteiger partial charge is 0.163 e. The summed E-state index contributed by atoms with van der Waals surface area (Å²) in [6.45, 7) is 1.53. The summed E-state index contributed by atoms with van der Waals surface area (Å²) in [4.78, 5) is 12.0. The maximum absolute atomic E-state index is 12.0. The van der Waals surface area contributed by atoms with Crippen LogP contribution < -0.4 is 4.74 Å². The quantitative estimate of drug-likeness (QED) is 0.707. The van der Waals surface area contributed by atoms with E-state index in [9.17, 15) is 9.90 Å². The van der Waals surface area contributed by atoms with E-state index >= 15 is 0 Å². The summed E-state index contributed by atoms with van der Waals surface area (Å²) < 4.78 is 5.35. The zero-order chi connectivity index (χ0) is 16.8. The number of phenols is 1. The van der Waals surface area contributed by atoms with Gasteiger partial charge in [-0.3, -0.25) is 4.79 Å². The first kappa shape index (κ1) is 14.8. The highest BCUT2D eigenvalue weighted by Crippen LogP contribution is 2.44. The number of aromatic hydroxyl groups is 1. The maximum Gasteiger partial charge on any atom is 0.163 e. The Morgan fingerprint density at radius 1 is 1.04 bits per heavy atom. The van der Waals surface area contributed by atoms with Crippen LogP contribution in [0.4, 0.5) is 0 Å². The molecule has 3 nitrogen and oxygen atoms in total. The molecule has 3 heteroatoms. The van der Waals surface area contributed by atoms with Crippen molar-refractivity contribution in [2.45, 2.75) is 19.8 Å². The van der Waals surface area contributed by atoms with E-state index in [0.717, 1.165) is 29.4 Å². The molecule has 1 aliphatic rings. The predicted molar refractivity (Wildman–Crippen MR) is 95.0 cm³/mol. The van der Waals surface area contributed by atoms with Crippen molar-refractivity contribution < 1.29 is 14.6 Å². The number of hydrogen-bond donors (Lipinski definition) is 1. The number of ether oxygens (including phenoxy) is 1. The number of benzene rings is 3. The maximum atomic E-state index is 12.0. The molecule has 0 atom stereocenters. The number of methoxy groups -OCH3 is 1. The molecule has 1 N–H and O–H groups in total. The lowest BCUT2D eigenvalue weighted by molar-refractivity contribution is 0.101. The minimum absolute atomic E-state index is 0.0464. The summed E-state index contributed by atoms with van der Waals surface area (Å²) in [7, 11) is 1.54. The van der Waals surface area contributed by atoms with Crippen LogP contribution in [0, 0.1) is 0 Å². The summed E-state index contributed by atoms with van der Waals surface area (Å²) in [6, 6.07) is 13.8. The summed E-state index contributed by atoms with van der Waals surface area (Å²) in [5.41, 5.74) is 5.27. The van der Waals surface area contributed by atoms with Crippen molar-refractivity contribution >= 4 is 16.6 Å². The lowest BCUT2D eigenvalue weighted by Crippen LogP contribution is -2.05. The first-order valence-electron chi connectivity index (χ1n) is 8.06. The fraction of sp³-hybridized carbons (Fsp3) is 0.190. The van der Waals surface area contributed by atoms with E-state index < -0.39 is 0 Å². The van der Waals surface area contributed by atoms with Gasteiger partial charge in [0.25, 0.3) is 0 Å². The molecule has 0 saturated carbocycles. The molecule has 0 unspecified atom stereocenters. The van der Waals surface area contributed by atoms with Gasteiger partial charge in [-0.05, 0) is 65.6 Å². The first-order chi connectivity index (χ1) is 11.6. The van der Waals surface area contributed by atoms with Crippen molar-refractivity contribution in [2.75, 3.05) is 7.11 Å². The van der Waals surface area contributed by atoms with Crippen LogP contribution in [0.1, 0.15) is 28.4 Å². The van der Waals surface area contributed by atoms with Crippen molar-refractivity contribution in [1.82, 2.24) is 0 Å². The summed E-state index contributed by atoms with van der Waals surface area (Å²) in [5.74, 6) is 0.681. The van der Waals surface area contributed by atoms with Gasteiger partial charge in [0, 0.05) is 5.39 Å². The van der Waals surface area contributed by atoms with Crippen LogP contribution in [0.2, 0.25) is 0 Å². The topological polar surface area (TPSA) is 46.5 Å². The van der Waals surface area contributed by atoms with Gasteiger partial charge < -0.3 is 9.84 Å². The van der Waals surface area contributed by atoms with Gasteiger partial charge in [-0.15, -0.1) is 0 Å². The molecule has 1 aliphatic carbocycles. The molecule has 24 heavy (non-hydrogen) atoms. The molecule has 0 fully saturated rings. The van der Waals surface area contributed by atoms with E-state index in [4.69, 9.17) is 4.74 Å².